The summed E-state index contributed by atoms with van der Waals surface area (Å²) < 4.78 is 13.5. The zero-order chi connectivity index (χ0) is 12.7. The van der Waals surface area contributed by atoms with Crippen LogP contribution in [-0.2, 0) is 6.54 Å². The Kier molecular flexibility index (Phi) is 6.36. The highest BCUT2D eigenvalue weighted by atomic mass is 19.1. The lowest BCUT2D eigenvalue weighted by Crippen LogP contribution is -2.13. The van der Waals surface area contributed by atoms with Gasteiger partial charge in [0.15, 0.2) is 0 Å². The molecule has 0 atom stereocenters. The molecule has 0 amide bonds. The van der Waals surface area contributed by atoms with Crippen molar-refractivity contribution < 1.29 is 4.39 Å². The molecule has 0 saturated carbocycles. The van der Waals surface area contributed by atoms with E-state index in [4.69, 9.17) is 5.26 Å². The number of nitrogens with zero attached hydrogens (tertiary/aromatic N) is 2. The Morgan fingerprint density at radius 1 is 1.31 bits per heavy atom. The summed E-state index contributed by atoms with van der Waals surface area (Å²) in [5.41, 5.74) is 1.87. The first-order chi connectivity index (χ1) is 7.54. The van der Waals surface area contributed by atoms with E-state index in [0.29, 0.717) is 17.7 Å². The molecule has 0 heterocycles. The normalized spacial score (nSPS) is 9.38. The van der Waals surface area contributed by atoms with Gasteiger partial charge in [-0.15, -0.1) is 0 Å². The lowest BCUT2D eigenvalue weighted by molar-refractivity contribution is 0.391. The zero-order valence-corrected chi connectivity index (χ0v) is 10.6. The van der Waals surface area contributed by atoms with Crippen molar-refractivity contribution in [2.75, 3.05) is 14.1 Å². The van der Waals surface area contributed by atoms with Gasteiger partial charge in [-0.2, -0.15) is 5.26 Å². The Labute approximate surface area is 97.3 Å². The molecule has 0 N–H and O–H groups in total. The molecule has 0 unspecified atom stereocenters. The smallest absolute Gasteiger partial charge is 0.129 e. The molecule has 88 valence electrons. The first kappa shape index (κ1) is 14.6. The molecule has 1 rings (SSSR count). The summed E-state index contributed by atoms with van der Waals surface area (Å²) in [7, 11) is 3.77. The predicted octanol–water partition coefficient (Wildman–Crippen LogP) is 3.09. The summed E-state index contributed by atoms with van der Waals surface area (Å²) in [4.78, 5) is 1.90. The second kappa shape index (κ2) is 6.97. The van der Waals surface area contributed by atoms with Crippen LogP contribution in [0.2, 0.25) is 0 Å². The van der Waals surface area contributed by atoms with Gasteiger partial charge in [-0.3, -0.25) is 0 Å². The van der Waals surface area contributed by atoms with Gasteiger partial charge in [0.1, 0.15) is 5.82 Å². The maximum absolute atomic E-state index is 13.5. The zero-order valence-electron chi connectivity index (χ0n) is 10.6. The molecule has 2 nitrogen and oxygen atoms in total. The molecule has 3 heteroatoms. The van der Waals surface area contributed by atoms with E-state index in [1.807, 2.05) is 45.8 Å². The van der Waals surface area contributed by atoms with Crippen LogP contribution in [0.4, 0.5) is 4.39 Å². The summed E-state index contributed by atoms with van der Waals surface area (Å²) in [5, 5.41) is 8.63. The van der Waals surface area contributed by atoms with Gasteiger partial charge in [0.2, 0.25) is 0 Å². The Morgan fingerprint density at radius 3 is 2.25 bits per heavy atom. The largest absolute Gasteiger partial charge is 0.305 e. The van der Waals surface area contributed by atoms with Crippen molar-refractivity contribution in [1.82, 2.24) is 4.90 Å². The fourth-order valence-corrected chi connectivity index (χ4v) is 1.36. The number of halogens is 1. The van der Waals surface area contributed by atoms with Crippen molar-refractivity contribution in [3.8, 4) is 6.07 Å². The third-order valence-electron chi connectivity index (χ3n) is 2.02. The Morgan fingerprint density at radius 2 is 1.88 bits per heavy atom. The molecular formula is C13H19FN2. The number of rotatable bonds is 2. The van der Waals surface area contributed by atoms with E-state index in [9.17, 15) is 4.39 Å². The molecule has 1 aromatic carbocycles. The lowest BCUT2D eigenvalue weighted by Gasteiger charge is -2.13. The van der Waals surface area contributed by atoms with Crippen molar-refractivity contribution in [2.24, 2.45) is 0 Å². The Hall–Kier alpha value is -1.40. The van der Waals surface area contributed by atoms with Crippen molar-refractivity contribution in [3.63, 3.8) is 0 Å². The van der Waals surface area contributed by atoms with Crippen molar-refractivity contribution in [3.05, 3.63) is 34.6 Å². The minimum absolute atomic E-state index is 0.296. The first-order valence-corrected chi connectivity index (χ1v) is 5.38. The number of aryl methyl sites for hydroxylation is 1. The maximum Gasteiger partial charge on any atom is 0.129 e. The standard InChI is InChI=1S/C11H13FN2.C2H6/c1-8-4-9(6-13)5-11(12)10(8)7-14(2)3;1-2/h4-5H,7H2,1-3H3;1-2H3. The summed E-state index contributed by atoms with van der Waals surface area (Å²) in [6.07, 6.45) is 0. The van der Waals surface area contributed by atoms with E-state index in [1.165, 1.54) is 6.07 Å². The summed E-state index contributed by atoms with van der Waals surface area (Å²) in [6, 6.07) is 4.93. The number of benzene rings is 1. The third-order valence-corrected chi connectivity index (χ3v) is 2.02. The van der Waals surface area contributed by atoms with Crippen LogP contribution in [0, 0.1) is 24.1 Å². The molecule has 0 spiro atoms. The average Bonchev–Trinajstić information content (AvgIpc) is 2.25. The maximum atomic E-state index is 13.5. The molecule has 0 aromatic heterocycles. The number of nitriles is 1. The molecular weight excluding hydrogens is 203 g/mol. The minimum atomic E-state index is -0.296. The van der Waals surface area contributed by atoms with Gasteiger partial charge in [-0.25, -0.2) is 4.39 Å². The molecule has 0 aliphatic rings. The van der Waals surface area contributed by atoms with Gasteiger partial charge < -0.3 is 4.90 Å². The van der Waals surface area contributed by atoms with Crippen LogP contribution in [0.5, 0.6) is 0 Å². The fourth-order valence-electron chi connectivity index (χ4n) is 1.36. The van der Waals surface area contributed by atoms with Gasteiger partial charge in [0.05, 0.1) is 11.6 Å². The van der Waals surface area contributed by atoms with Crippen molar-refractivity contribution in [1.29, 1.82) is 5.26 Å². The predicted molar refractivity (Wildman–Crippen MR) is 64.6 cm³/mol. The number of hydrogen-bond acceptors (Lipinski definition) is 2. The molecule has 0 fully saturated rings. The second-order valence-electron chi connectivity index (χ2n) is 3.60. The molecule has 0 bridgehead atoms. The van der Waals surface area contributed by atoms with Crippen LogP contribution in [0.25, 0.3) is 0 Å². The number of hydrogen-bond donors (Lipinski definition) is 0. The molecule has 0 saturated heterocycles. The Bertz CT molecular complexity index is 355. The topological polar surface area (TPSA) is 27.0 Å². The lowest BCUT2D eigenvalue weighted by atomic mass is 10.0. The highest BCUT2D eigenvalue weighted by molar-refractivity contribution is 5.38. The molecule has 0 aliphatic heterocycles. The second-order valence-corrected chi connectivity index (χ2v) is 3.60. The van der Waals surface area contributed by atoms with Gasteiger partial charge in [0.25, 0.3) is 0 Å². The van der Waals surface area contributed by atoms with Crippen LogP contribution >= 0.6 is 0 Å². The highest BCUT2D eigenvalue weighted by Gasteiger charge is 2.08. The first-order valence-electron chi connectivity index (χ1n) is 5.38. The summed E-state index contributed by atoms with van der Waals surface area (Å²) >= 11 is 0. The van der Waals surface area contributed by atoms with E-state index in [-0.39, 0.29) is 5.82 Å². The van der Waals surface area contributed by atoms with Crippen LogP contribution in [0.15, 0.2) is 12.1 Å². The fraction of sp³-hybridized carbons (Fsp3) is 0.462. The average molecular weight is 222 g/mol. The SMILES string of the molecule is CC.Cc1cc(C#N)cc(F)c1CN(C)C. The van der Waals surface area contributed by atoms with E-state index in [0.717, 1.165) is 5.56 Å². The summed E-state index contributed by atoms with van der Waals surface area (Å²) in [5.74, 6) is -0.296. The molecule has 16 heavy (non-hydrogen) atoms. The van der Waals surface area contributed by atoms with E-state index in [2.05, 4.69) is 0 Å². The van der Waals surface area contributed by atoms with E-state index < -0.39 is 0 Å². The van der Waals surface area contributed by atoms with Crippen LogP contribution in [0.3, 0.4) is 0 Å². The van der Waals surface area contributed by atoms with E-state index in [1.54, 1.807) is 6.07 Å². The molecule has 1 aromatic rings. The van der Waals surface area contributed by atoms with Gasteiger partial charge in [0, 0.05) is 12.1 Å². The minimum Gasteiger partial charge on any atom is -0.305 e. The highest BCUT2D eigenvalue weighted by Crippen LogP contribution is 2.16. The van der Waals surface area contributed by atoms with Crippen LogP contribution < -0.4 is 0 Å². The van der Waals surface area contributed by atoms with Crippen molar-refractivity contribution >= 4 is 0 Å². The van der Waals surface area contributed by atoms with Gasteiger partial charge >= 0.3 is 0 Å². The quantitative estimate of drug-likeness (QED) is 0.768. The van der Waals surface area contributed by atoms with Crippen molar-refractivity contribution in [2.45, 2.75) is 27.3 Å². The molecule has 0 radical (unpaired) electrons. The third kappa shape index (κ3) is 4.00. The monoisotopic (exact) mass is 222 g/mol. The van der Waals surface area contributed by atoms with Gasteiger partial charge in [-0.05, 0) is 38.7 Å². The summed E-state index contributed by atoms with van der Waals surface area (Å²) in [6.45, 7) is 6.38. The Balaban J connectivity index is 0.00000106. The molecule has 0 aliphatic carbocycles. The van der Waals surface area contributed by atoms with Crippen LogP contribution in [0.1, 0.15) is 30.5 Å². The van der Waals surface area contributed by atoms with Crippen LogP contribution in [-0.4, -0.2) is 19.0 Å². The van der Waals surface area contributed by atoms with Gasteiger partial charge in [-0.1, -0.05) is 13.8 Å². The van der Waals surface area contributed by atoms with E-state index >= 15 is 0 Å².